The maximum Gasteiger partial charge on any atom is 0.248 e. The fourth-order valence-corrected chi connectivity index (χ4v) is 7.31. The Morgan fingerprint density at radius 3 is 2.57 bits per heavy atom. The van der Waals surface area contributed by atoms with Crippen LogP contribution in [-0.4, -0.2) is 58.3 Å². The van der Waals surface area contributed by atoms with Gasteiger partial charge in [-0.2, -0.15) is 0 Å². The van der Waals surface area contributed by atoms with E-state index in [4.69, 9.17) is 5.73 Å². The summed E-state index contributed by atoms with van der Waals surface area (Å²) in [6, 6.07) is 7.19. The number of halogens is 1. The van der Waals surface area contributed by atoms with Gasteiger partial charge in [0.1, 0.15) is 46.6 Å². The zero-order valence-electron chi connectivity index (χ0n) is 24.9. The highest BCUT2D eigenvalue weighted by Gasteiger charge is 2.58. The van der Waals surface area contributed by atoms with Gasteiger partial charge in [-0.05, 0) is 96.3 Å². The van der Waals surface area contributed by atoms with Crippen molar-refractivity contribution in [2.45, 2.75) is 65.6 Å². The molecule has 0 bridgehead atoms. The molecule has 2 aliphatic rings. The lowest BCUT2D eigenvalue weighted by molar-refractivity contribution is -0.141. The number of amides is 2. The fourth-order valence-electron chi connectivity index (χ4n) is 7.00. The average Bonchev–Trinajstić information content (AvgIpc) is 3.41. The van der Waals surface area contributed by atoms with Crippen LogP contribution in [0.4, 0.5) is 11.6 Å². The average molecular weight is 655 g/mol. The zero-order chi connectivity index (χ0) is 30.9. The number of nitrogens with one attached hydrogen (secondary N) is 1. The summed E-state index contributed by atoms with van der Waals surface area (Å²) in [4.78, 5) is 51.9. The molecule has 1 aromatic carbocycles. The highest BCUT2D eigenvalue weighted by Crippen LogP contribution is 2.54. The SMILES string of the molecule is Cc1ncc(-c2cc(C)c3c(c2)c2c(N)ncnc2n3CC(=O)N2[C@H](C(=O)Nc3nc(Br)ccc3C)C[C@@]3(C)CC[C@@H]23)cn1. The summed E-state index contributed by atoms with van der Waals surface area (Å²) in [6.45, 7) is 7.93. The number of pyridine rings is 1. The van der Waals surface area contributed by atoms with E-state index in [1.54, 1.807) is 12.4 Å². The predicted octanol–water partition coefficient (Wildman–Crippen LogP) is 5.11. The van der Waals surface area contributed by atoms with Crippen molar-refractivity contribution in [1.82, 2.24) is 34.4 Å². The standard InChI is InChI=1S/C32H32BrN9O2/c1-16-5-6-24(33)39-29(16)40-31(44)22-11-32(4)8-7-23(32)42(22)25(43)14-41-27-17(2)9-19(20-12-35-18(3)36-13-20)10-21(27)26-28(34)37-15-38-30(26)41/h5-6,9-10,12-13,15,22-23H,7-8,11,14H2,1-4H3,(H2,34,37,38)(H,39,40,44)/t22-,23+,32+/m0/s1. The smallest absolute Gasteiger partial charge is 0.248 e. The molecule has 7 rings (SSSR count). The first kappa shape index (κ1) is 28.3. The second kappa shape index (κ2) is 10.3. The van der Waals surface area contributed by atoms with Crippen LogP contribution < -0.4 is 11.1 Å². The Kier molecular flexibility index (Phi) is 6.65. The first-order valence-electron chi connectivity index (χ1n) is 14.6. The van der Waals surface area contributed by atoms with Crippen molar-refractivity contribution in [2.24, 2.45) is 5.41 Å². The van der Waals surface area contributed by atoms with Crippen LogP contribution in [0.15, 0.2) is 47.6 Å². The van der Waals surface area contributed by atoms with Crippen LogP contribution in [0, 0.1) is 26.2 Å². The third-order valence-electron chi connectivity index (χ3n) is 9.38. The topological polar surface area (TPSA) is 145 Å². The third kappa shape index (κ3) is 4.50. The molecule has 0 unspecified atom stereocenters. The molecule has 0 spiro atoms. The molecule has 11 nitrogen and oxygen atoms in total. The number of carbonyl (C=O) groups excluding carboxylic acids is 2. The minimum Gasteiger partial charge on any atom is -0.383 e. The Morgan fingerprint density at radius 1 is 1.07 bits per heavy atom. The van der Waals surface area contributed by atoms with Crippen molar-refractivity contribution in [3.8, 4) is 11.1 Å². The molecule has 4 aromatic heterocycles. The van der Waals surface area contributed by atoms with E-state index >= 15 is 0 Å². The number of hydrogen-bond acceptors (Lipinski definition) is 8. The van der Waals surface area contributed by atoms with Gasteiger partial charge in [0.05, 0.1) is 10.9 Å². The Morgan fingerprint density at radius 2 is 1.84 bits per heavy atom. The quantitative estimate of drug-likeness (QED) is 0.249. The minimum absolute atomic E-state index is 0.00874. The number of nitrogen functional groups attached to an aromatic ring is 1. The number of anilines is 2. The molecule has 5 aromatic rings. The van der Waals surface area contributed by atoms with Crippen LogP contribution in [-0.2, 0) is 16.1 Å². The van der Waals surface area contributed by atoms with E-state index in [-0.39, 0.29) is 29.8 Å². The van der Waals surface area contributed by atoms with Gasteiger partial charge >= 0.3 is 0 Å². The van der Waals surface area contributed by atoms with Crippen molar-refractivity contribution in [2.75, 3.05) is 11.1 Å². The van der Waals surface area contributed by atoms with Crippen molar-refractivity contribution in [1.29, 1.82) is 0 Å². The van der Waals surface area contributed by atoms with Gasteiger partial charge in [0.2, 0.25) is 11.8 Å². The summed E-state index contributed by atoms with van der Waals surface area (Å²) < 4.78 is 2.55. The highest BCUT2D eigenvalue weighted by molar-refractivity contribution is 9.10. The lowest BCUT2D eigenvalue weighted by Crippen LogP contribution is -2.52. The van der Waals surface area contributed by atoms with Crippen molar-refractivity contribution < 1.29 is 9.59 Å². The Bertz CT molecular complexity index is 1990. The molecular weight excluding hydrogens is 622 g/mol. The maximum atomic E-state index is 14.3. The molecule has 44 heavy (non-hydrogen) atoms. The second-order valence-corrected chi connectivity index (χ2v) is 13.1. The van der Waals surface area contributed by atoms with Crippen LogP contribution in [0.3, 0.4) is 0 Å². The monoisotopic (exact) mass is 653 g/mol. The number of aryl methyl sites for hydroxylation is 3. The first-order valence-corrected chi connectivity index (χ1v) is 15.4. The molecule has 2 amide bonds. The van der Waals surface area contributed by atoms with E-state index in [1.165, 1.54) is 6.33 Å². The number of nitrogens with two attached hydrogens (primary N) is 1. The summed E-state index contributed by atoms with van der Waals surface area (Å²) in [7, 11) is 0. The third-order valence-corrected chi connectivity index (χ3v) is 9.82. The molecule has 1 saturated heterocycles. The molecule has 0 radical (unpaired) electrons. The maximum absolute atomic E-state index is 14.3. The van der Waals surface area contributed by atoms with Gasteiger partial charge in [-0.3, -0.25) is 9.59 Å². The first-order chi connectivity index (χ1) is 21.0. The van der Waals surface area contributed by atoms with Gasteiger partial charge in [-0.1, -0.05) is 13.0 Å². The summed E-state index contributed by atoms with van der Waals surface area (Å²) in [5.74, 6) is 1.16. The Balaban J connectivity index is 1.28. The normalized spacial score (nSPS) is 21.0. The molecule has 2 fully saturated rings. The van der Waals surface area contributed by atoms with E-state index in [9.17, 15) is 9.59 Å². The molecule has 5 heterocycles. The summed E-state index contributed by atoms with van der Waals surface area (Å²) >= 11 is 3.39. The number of likely N-dealkylation sites (tertiary alicyclic amines) is 1. The largest absolute Gasteiger partial charge is 0.383 e. The van der Waals surface area contributed by atoms with E-state index in [1.807, 2.05) is 48.4 Å². The second-order valence-electron chi connectivity index (χ2n) is 12.3. The molecule has 1 saturated carbocycles. The van der Waals surface area contributed by atoms with Crippen molar-refractivity contribution in [3.05, 3.63) is 64.5 Å². The Labute approximate surface area is 262 Å². The van der Waals surface area contributed by atoms with Gasteiger partial charge in [-0.25, -0.2) is 24.9 Å². The predicted molar refractivity (Wildman–Crippen MR) is 172 cm³/mol. The number of nitrogens with zero attached hydrogens (tertiary/aromatic N) is 7. The highest BCUT2D eigenvalue weighted by atomic mass is 79.9. The summed E-state index contributed by atoms with van der Waals surface area (Å²) in [6.07, 6.45) is 7.46. The van der Waals surface area contributed by atoms with Crippen LogP contribution >= 0.6 is 15.9 Å². The van der Waals surface area contributed by atoms with Gasteiger partial charge in [0, 0.05) is 29.4 Å². The number of carbonyl (C=O) groups is 2. The van der Waals surface area contributed by atoms with E-state index in [0.717, 1.165) is 46.0 Å². The van der Waals surface area contributed by atoms with E-state index in [2.05, 4.69) is 59.2 Å². The van der Waals surface area contributed by atoms with E-state index in [0.29, 0.717) is 39.5 Å². The van der Waals surface area contributed by atoms with E-state index < -0.39 is 6.04 Å². The van der Waals surface area contributed by atoms with Crippen LogP contribution in [0.5, 0.6) is 0 Å². The number of benzene rings is 1. The van der Waals surface area contributed by atoms with Crippen molar-refractivity contribution in [3.63, 3.8) is 0 Å². The molecule has 3 N–H and O–H groups in total. The van der Waals surface area contributed by atoms with Crippen LogP contribution in [0.1, 0.15) is 43.1 Å². The minimum atomic E-state index is -0.609. The lowest BCUT2D eigenvalue weighted by atomic mass is 9.66. The molecule has 12 heteroatoms. The zero-order valence-corrected chi connectivity index (χ0v) is 26.5. The van der Waals surface area contributed by atoms with Crippen LogP contribution in [0.25, 0.3) is 33.1 Å². The molecule has 3 atom stereocenters. The van der Waals surface area contributed by atoms with Gasteiger partial charge in [-0.15, -0.1) is 0 Å². The van der Waals surface area contributed by atoms with Crippen LogP contribution in [0.2, 0.25) is 0 Å². The number of hydrogen-bond donors (Lipinski definition) is 2. The fraction of sp³-hybridized carbons (Fsp3) is 0.344. The number of aromatic nitrogens is 6. The molecule has 1 aliphatic heterocycles. The molecule has 1 aliphatic carbocycles. The number of fused-ring (bicyclic) bond motifs is 4. The van der Waals surface area contributed by atoms with Gasteiger partial charge < -0.3 is 20.5 Å². The summed E-state index contributed by atoms with van der Waals surface area (Å²) in [5.41, 5.74) is 11.3. The molecule has 224 valence electrons. The number of rotatable bonds is 5. The van der Waals surface area contributed by atoms with Gasteiger partial charge in [0.25, 0.3) is 0 Å². The summed E-state index contributed by atoms with van der Waals surface area (Å²) in [5, 5.41) is 4.53. The Hall–Kier alpha value is -4.45. The molecular formula is C32H32BrN9O2. The lowest BCUT2D eigenvalue weighted by Gasteiger charge is -2.45. The van der Waals surface area contributed by atoms with Gasteiger partial charge in [0.15, 0.2) is 0 Å². The van der Waals surface area contributed by atoms with Crippen molar-refractivity contribution >= 4 is 61.3 Å².